The van der Waals surface area contributed by atoms with Crippen LogP contribution in [0.1, 0.15) is 38.5 Å². The molecule has 0 spiro atoms. The maximum atomic E-state index is 11.5. The fourth-order valence-corrected chi connectivity index (χ4v) is 2.12. The van der Waals surface area contributed by atoms with Crippen LogP contribution in [0.2, 0.25) is 0 Å². The third-order valence-electron chi connectivity index (χ3n) is 3.25. The predicted molar refractivity (Wildman–Crippen MR) is 64.8 cm³/mol. The molecule has 0 aromatic carbocycles. The van der Waals surface area contributed by atoms with Crippen molar-refractivity contribution in [3.63, 3.8) is 0 Å². The van der Waals surface area contributed by atoms with Gasteiger partial charge in [-0.25, -0.2) is 0 Å². The topological polar surface area (TPSA) is 69.6 Å². The van der Waals surface area contributed by atoms with Gasteiger partial charge >= 0.3 is 5.97 Å². The van der Waals surface area contributed by atoms with Crippen LogP contribution in [0.15, 0.2) is 0 Å². The molecule has 2 N–H and O–H groups in total. The minimum absolute atomic E-state index is 0.0368. The number of carboxylic acids is 1. The summed E-state index contributed by atoms with van der Waals surface area (Å²) < 4.78 is 0. The molecule has 5 nitrogen and oxygen atoms in total. The van der Waals surface area contributed by atoms with Gasteiger partial charge in [0.25, 0.3) is 0 Å². The Morgan fingerprint density at radius 3 is 2.76 bits per heavy atom. The fourth-order valence-electron chi connectivity index (χ4n) is 2.12. The molecule has 1 heterocycles. The van der Waals surface area contributed by atoms with Gasteiger partial charge in [0.15, 0.2) is 0 Å². The molecule has 1 atom stereocenters. The van der Waals surface area contributed by atoms with Crippen LogP contribution in [0.25, 0.3) is 0 Å². The summed E-state index contributed by atoms with van der Waals surface area (Å²) in [7, 11) is 2.08. The summed E-state index contributed by atoms with van der Waals surface area (Å²) in [5.41, 5.74) is 0. The van der Waals surface area contributed by atoms with Crippen LogP contribution < -0.4 is 5.32 Å². The molecule has 1 aliphatic heterocycles. The second kappa shape index (κ2) is 7.27. The van der Waals surface area contributed by atoms with Gasteiger partial charge in [-0.3, -0.25) is 9.59 Å². The standard InChI is InChI=1S/C12H22N2O3/c1-14-8-3-2-5-10(14)9-13-11(15)6-4-7-12(16)17/h10H,2-9H2,1H3,(H,13,15)(H,16,17). The van der Waals surface area contributed by atoms with Gasteiger partial charge in [0.05, 0.1) is 0 Å². The number of piperidine rings is 1. The smallest absolute Gasteiger partial charge is 0.303 e. The number of rotatable bonds is 6. The molecule has 98 valence electrons. The number of aliphatic carboxylic acids is 1. The van der Waals surface area contributed by atoms with Crippen LogP contribution in [0.3, 0.4) is 0 Å². The van der Waals surface area contributed by atoms with Gasteiger partial charge in [-0.1, -0.05) is 6.42 Å². The maximum absolute atomic E-state index is 11.5. The quantitative estimate of drug-likeness (QED) is 0.724. The number of nitrogens with zero attached hydrogens (tertiary/aromatic N) is 1. The van der Waals surface area contributed by atoms with E-state index in [-0.39, 0.29) is 12.3 Å². The van der Waals surface area contributed by atoms with Gasteiger partial charge in [-0.15, -0.1) is 0 Å². The summed E-state index contributed by atoms with van der Waals surface area (Å²) in [6.45, 7) is 1.78. The van der Waals surface area contributed by atoms with Crippen molar-refractivity contribution in [2.24, 2.45) is 0 Å². The van der Waals surface area contributed by atoms with E-state index in [9.17, 15) is 9.59 Å². The van der Waals surface area contributed by atoms with E-state index >= 15 is 0 Å². The number of likely N-dealkylation sites (N-methyl/N-ethyl adjacent to an activating group) is 1. The van der Waals surface area contributed by atoms with Gasteiger partial charge in [-0.2, -0.15) is 0 Å². The maximum Gasteiger partial charge on any atom is 0.303 e. The van der Waals surface area contributed by atoms with Crippen molar-refractivity contribution in [2.75, 3.05) is 20.1 Å². The molecule has 17 heavy (non-hydrogen) atoms. The van der Waals surface area contributed by atoms with Crippen LogP contribution in [-0.4, -0.2) is 48.1 Å². The van der Waals surface area contributed by atoms with Crippen molar-refractivity contribution in [2.45, 2.75) is 44.6 Å². The Labute approximate surface area is 102 Å². The molecule has 1 rings (SSSR count). The Kier molecular flexibility index (Phi) is 5.97. The van der Waals surface area contributed by atoms with Crippen molar-refractivity contribution in [1.29, 1.82) is 0 Å². The van der Waals surface area contributed by atoms with Crippen molar-refractivity contribution in [3.05, 3.63) is 0 Å². The van der Waals surface area contributed by atoms with E-state index in [1.807, 2.05) is 0 Å². The van der Waals surface area contributed by atoms with E-state index in [4.69, 9.17) is 5.11 Å². The zero-order valence-electron chi connectivity index (χ0n) is 10.4. The molecule has 0 aliphatic carbocycles. The van der Waals surface area contributed by atoms with Crippen molar-refractivity contribution < 1.29 is 14.7 Å². The molecule has 1 amide bonds. The van der Waals surface area contributed by atoms with Crippen LogP contribution in [-0.2, 0) is 9.59 Å². The van der Waals surface area contributed by atoms with E-state index in [2.05, 4.69) is 17.3 Å². The molecular weight excluding hydrogens is 220 g/mol. The number of carbonyl (C=O) groups is 2. The van der Waals surface area contributed by atoms with E-state index in [1.165, 1.54) is 12.8 Å². The van der Waals surface area contributed by atoms with Crippen LogP contribution >= 0.6 is 0 Å². The number of carboxylic acid groups (broad SMARTS) is 1. The molecule has 5 heteroatoms. The largest absolute Gasteiger partial charge is 0.481 e. The number of nitrogens with one attached hydrogen (secondary N) is 1. The van der Waals surface area contributed by atoms with Crippen molar-refractivity contribution in [3.8, 4) is 0 Å². The Morgan fingerprint density at radius 1 is 1.35 bits per heavy atom. The zero-order chi connectivity index (χ0) is 12.7. The highest BCUT2D eigenvalue weighted by molar-refractivity contribution is 5.76. The molecule has 1 fully saturated rings. The van der Waals surface area contributed by atoms with Gasteiger partial charge in [-0.05, 0) is 32.9 Å². The summed E-state index contributed by atoms with van der Waals surface area (Å²) >= 11 is 0. The Balaban J connectivity index is 2.12. The number of amides is 1. The van der Waals surface area contributed by atoms with Crippen molar-refractivity contribution in [1.82, 2.24) is 10.2 Å². The van der Waals surface area contributed by atoms with Gasteiger partial charge in [0.2, 0.25) is 5.91 Å². The molecule has 0 radical (unpaired) electrons. The molecule has 0 saturated carbocycles. The lowest BCUT2D eigenvalue weighted by Crippen LogP contribution is -2.44. The molecule has 1 aliphatic rings. The van der Waals surface area contributed by atoms with Gasteiger partial charge in [0.1, 0.15) is 0 Å². The molecular formula is C12H22N2O3. The second-order valence-corrected chi connectivity index (χ2v) is 4.68. The summed E-state index contributed by atoms with van der Waals surface area (Å²) in [6, 6.07) is 0.437. The Morgan fingerprint density at radius 2 is 2.12 bits per heavy atom. The summed E-state index contributed by atoms with van der Waals surface area (Å²) in [5, 5.41) is 11.3. The third-order valence-corrected chi connectivity index (χ3v) is 3.25. The number of carbonyl (C=O) groups excluding carboxylic acids is 1. The summed E-state index contributed by atoms with van der Waals surface area (Å²) in [5.74, 6) is -0.880. The number of hydrogen-bond donors (Lipinski definition) is 2. The first-order valence-corrected chi connectivity index (χ1v) is 6.28. The molecule has 1 saturated heterocycles. The van der Waals surface area contributed by atoms with Crippen molar-refractivity contribution >= 4 is 11.9 Å². The minimum Gasteiger partial charge on any atom is -0.481 e. The minimum atomic E-state index is -0.843. The highest BCUT2D eigenvalue weighted by Crippen LogP contribution is 2.13. The van der Waals surface area contributed by atoms with Gasteiger partial charge in [0, 0.05) is 25.4 Å². The Bertz CT molecular complexity index is 268. The second-order valence-electron chi connectivity index (χ2n) is 4.68. The van der Waals surface area contributed by atoms with Gasteiger partial charge < -0.3 is 15.3 Å². The number of hydrogen-bond acceptors (Lipinski definition) is 3. The molecule has 0 aromatic rings. The number of likely N-dealkylation sites (tertiary alicyclic amines) is 1. The first-order chi connectivity index (χ1) is 8.09. The highest BCUT2D eigenvalue weighted by Gasteiger charge is 2.18. The van der Waals surface area contributed by atoms with E-state index < -0.39 is 5.97 Å². The lowest BCUT2D eigenvalue weighted by atomic mass is 10.0. The predicted octanol–water partition coefficient (Wildman–Crippen LogP) is 0.842. The van der Waals surface area contributed by atoms with Crippen LogP contribution in [0.5, 0.6) is 0 Å². The molecule has 1 unspecified atom stereocenters. The molecule has 0 bridgehead atoms. The van der Waals surface area contributed by atoms with E-state index in [1.54, 1.807) is 0 Å². The lowest BCUT2D eigenvalue weighted by molar-refractivity contribution is -0.137. The Hall–Kier alpha value is -1.10. The van der Waals surface area contributed by atoms with Crippen LogP contribution in [0, 0.1) is 0 Å². The fraction of sp³-hybridized carbons (Fsp3) is 0.833. The lowest BCUT2D eigenvalue weighted by Gasteiger charge is -2.32. The SMILES string of the molecule is CN1CCCCC1CNC(=O)CCCC(=O)O. The highest BCUT2D eigenvalue weighted by atomic mass is 16.4. The first kappa shape index (κ1) is 14.0. The third kappa shape index (κ3) is 5.68. The normalized spacial score (nSPS) is 21.1. The average Bonchev–Trinajstić information content (AvgIpc) is 2.27. The molecule has 0 aromatic heterocycles. The summed E-state index contributed by atoms with van der Waals surface area (Å²) in [6.07, 6.45) is 4.39. The van der Waals surface area contributed by atoms with E-state index in [0.29, 0.717) is 25.4 Å². The summed E-state index contributed by atoms with van der Waals surface area (Å²) in [4.78, 5) is 24.0. The zero-order valence-corrected chi connectivity index (χ0v) is 10.4. The van der Waals surface area contributed by atoms with Crippen LogP contribution in [0.4, 0.5) is 0 Å². The average molecular weight is 242 g/mol. The van der Waals surface area contributed by atoms with E-state index in [0.717, 1.165) is 13.0 Å². The monoisotopic (exact) mass is 242 g/mol. The first-order valence-electron chi connectivity index (χ1n) is 6.28.